The molecule has 0 aromatic heterocycles. The highest BCUT2D eigenvalue weighted by molar-refractivity contribution is 5.95. The summed E-state index contributed by atoms with van der Waals surface area (Å²) < 4.78 is 0. The molecule has 0 fully saturated rings. The van der Waals surface area contributed by atoms with Gasteiger partial charge in [0.2, 0.25) is 0 Å². The topological polar surface area (TPSA) is 0 Å². The minimum Gasteiger partial charge on any atom is -0.0776 e. The molecular formula is C34H28. The molecule has 164 valence electrons. The molecule has 0 nitrogen and oxygen atoms in total. The normalized spacial score (nSPS) is 13.6. The summed E-state index contributed by atoms with van der Waals surface area (Å²) in [5.74, 6) is 0. The zero-order chi connectivity index (χ0) is 22.2. The van der Waals surface area contributed by atoms with Crippen molar-refractivity contribution in [3.05, 3.63) is 143 Å². The average molecular weight is 437 g/mol. The summed E-state index contributed by atoms with van der Waals surface area (Å²) in [5.41, 5.74) is 16.0. The summed E-state index contributed by atoms with van der Waals surface area (Å²) in [5, 5.41) is 0. The summed E-state index contributed by atoms with van der Waals surface area (Å²) in [4.78, 5) is 0. The van der Waals surface area contributed by atoms with Crippen LogP contribution in [0, 0.1) is 13.8 Å². The lowest BCUT2D eigenvalue weighted by molar-refractivity contribution is 0.794. The van der Waals surface area contributed by atoms with Gasteiger partial charge in [0.15, 0.2) is 0 Å². The van der Waals surface area contributed by atoms with Gasteiger partial charge in [0.05, 0.1) is 5.41 Å². The van der Waals surface area contributed by atoms with Crippen LogP contribution in [0.5, 0.6) is 0 Å². The molecule has 0 atom stereocenters. The second-order valence-electron chi connectivity index (χ2n) is 9.45. The number of rotatable bonds is 1. The smallest absolute Gasteiger partial charge is 0.0725 e. The Morgan fingerprint density at radius 3 is 1.38 bits per heavy atom. The van der Waals surface area contributed by atoms with Crippen LogP contribution in [-0.4, -0.2) is 0 Å². The van der Waals surface area contributed by atoms with E-state index in [2.05, 4.69) is 123 Å². The number of hydrogen-bond acceptors (Lipinski definition) is 0. The highest BCUT2D eigenvalue weighted by Crippen LogP contribution is 2.62. The predicted molar refractivity (Wildman–Crippen MR) is 144 cm³/mol. The van der Waals surface area contributed by atoms with Crippen molar-refractivity contribution in [2.24, 2.45) is 0 Å². The molecule has 1 spiro atoms. The molecule has 5 aromatic carbocycles. The Labute approximate surface area is 202 Å². The Morgan fingerprint density at radius 2 is 0.853 bits per heavy atom. The van der Waals surface area contributed by atoms with Crippen molar-refractivity contribution in [1.82, 2.24) is 0 Å². The van der Waals surface area contributed by atoms with E-state index in [4.69, 9.17) is 0 Å². The van der Waals surface area contributed by atoms with Crippen LogP contribution in [0.2, 0.25) is 0 Å². The number of benzene rings is 5. The van der Waals surface area contributed by atoms with Crippen LogP contribution in [0.1, 0.15) is 40.8 Å². The van der Waals surface area contributed by atoms with E-state index in [9.17, 15) is 0 Å². The van der Waals surface area contributed by atoms with Gasteiger partial charge >= 0.3 is 0 Å². The summed E-state index contributed by atoms with van der Waals surface area (Å²) in [6.45, 7) is 4.38. The van der Waals surface area contributed by atoms with Gasteiger partial charge in [-0.05, 0) is 86.7 Å². The molecule has 2 aliphatic carbocycles. The predicted octanol–water partition coefficient (Wildman–Crippen LogP) is 8.95. The fourth-order valence-electron chi connectivity index (χ4n) is 6.20. The fraction of sp³-hybridized carbons (Fsp3) is 0.118. The Bertz CT molecular complexity index is 1520. The van der Waals surface area contributed by atoms with Crippen molar-refractivity contribution >= 4 is 0 Å². The van der Waals surface area contributed by atoms with Gasteiger partial charge in [0.1, 0.15) is 0 Å². The van der Waals surface area contributed by atoms with Crippen molar-refractivity contribution in [2.75, 3.05) is 0 Å². The molecule has 0 heterocycles. The Balaban J connectivity index is 0.00000217. The third-order valence-electron chi connectivity index (χ3n) is 7.84. The van der Waals surface area contributed by atoms with Crippen LogP contribution in [0.15, 0.2) is 109 Å². The number of hydrogen-bond donors (Lipinski definition) is 0. The van der Waals surface area contributed by atoms with Crippen molar-refractivity contribution in [3.63, 3.8) is 0 Å². The molecule has 34 heavy (non-hydrogen) atoms. The standard InChI is InChI=1S/C33H24.CH4/c1-21-15-16-23(19-22(21)2)24-17-18-28-27-11-5-8-14-31(27)33(32(28)20-24)29-12-6-3-9-25(29)26-10-4-7-13-30(26)33;/h3-20H,1-2H3;1H4. The minimum atomic E-state index is -0.269. The minimum absolute atomic E-state index is 0. The van der Waals surface area contributed by atoms with Gasteiger partial charge in [0.25, 0.3) is 0 Å². The van der Waals surface area contributed by atoms with E-state index in [1.54, 1.807) is 0 Å². The second-order valence-corrected chi connectivity index (χ2v) is 9.45. The molecule has 0 unspecified atom stereocenters. The van der Waals surface area contributed by atoms with E-state index in [-0.39, 0.29) is 12.8 Å². The molecule has 0 saturated carbocycles. The van der Waals surface area contributed by atoms with E-state index >= 15 is 0 Å². The van der Waals surface area contributed by atoms with Crippen LogP contribution in [0.3, 0.4) is 0 Å². The first-order chi connectivity index (χ1) is 16.2. The van der Waals surface area contributed by atoms with Crippen molar-refractivity contribution in [2.45, 2.75) is 26.7 Å². The second kappa shape index (κ2) is 7.30. The zero-order valence-corrected chi connectivity index (χ0v) is 18.9. The maximum Gasteiger partial charge on any atom is 0.0725 e. The van der Waals surface area contributed by atoms with Gasteiger partial charge in [-0.15, -0.1) is 0 Å². The molecule has 0 aliphatic heterocycles. The first-order valence-corrected chi connectivity index (χ1v) is 11.7. The van der Waals surface area contributed by atoms with Gasteiger partial charge in [-0.25, -0.2) is 0 Å². The van der Waals surface area contributed by atoms with E-state index in [1.807, 2.05) is 0 Å². The van der Waals surface area contributed by atoms with Crippen molar-refractivity contribution < 1.29 is 0 Å². The van der Waals surface area contributed by atoms with Crippen LogP contribution >= 0.6 is 0 Å². The third kappa shape index (κ3) is 2.49. The summed E-state index contributed by atoms with van der Waals surface area (Å²) in [6, 6.07) is 40.9. The Morgan fingerprint density at radius 1 is 0.412 bits per heavy atom. The van der Waals surface area contributed by atoms with Crippen LogP contribution < -0.4 is 0 Å². The molecule has 0 heteroatoms. The van der Waals surface area contributed by atoms with Crippen molar-refractivity contribution in [1.29, 1.82) is 0 Å². The highest BCUT2D eigenvalue weighted by atomic mass is 14.5. The summed E-state index contributed by atoms with van der Waals surface area (Å²) >= 11 is 0. The lowest BCUT2D eigenvalue weighted by Crippen LogP contribution is -2.25. The quantitative estimate of drug-likeness (QED) is 0.241. The summed E-state index contributed by atoms with van der Waals surface area (Å²) in [6.07, 6.45) is 0. The number of aryl methyl sites for hydroxylation is 2. The van der Waals surface area contributed by atoms with Crippen LogP contribution in [-0.2, 0) is 5.41 Å². The Hall–Kier alpha value is -3.90. The molecule has 7 rings (SSSR count). The van der Waals surface area contributed by atoms with E-state index in [0.29, 0.717) is 0 Å². The molecular weight excluding hydrogens is 408 g/mol. The fourth-order valence-corrected chi connectivity index (χ4v) is 6.20. The van der Waals surface area contributed by atoms with Gasteiger partial charge in [-0.2, -0.15) is 0 Å². The maximum atomic E-state index is 2.46. The molecule has 0 radical (unpaired) electrons. The lowest BCUT2D eigenvalue weighted by atomic mass is 9.70. The average Bonchev–Trinajstić information content (AvgIpc) is 3.33. The van der Waals surface area contributed by atoms with E-state index in [0.717, 1.165) is 0 Å². The molecule has 0 saturated heterocycles. The SMILES string of the molecule is C.Cc1ccc(-c2ccc3c(c2)C2(c4ccccc4-c4ccccc42)c2ccccc2-3)cc1C. The highest BCUT2D eigenvalue weighted by Gasteiger charge is 2.51. The van der Waals surface area contributed by atoms with Crippen molar-refractivity contribution in [3.8, 4) is 33.4 Å². The van der Waals surface area contributed by atoms with E-state index in [1.165, 1.54) is 66.8 Å². The largest absolute Gasteiger partial charge is 0.0776 e. The molecule has 2 aliphatic rings. The van der Waals surface area contributed by atoms with Gasteiger partial charge in [-0.1, -0.05) is 111 Å². The third-order valence-corrected chi connectivity index (χ3v) is 7.84. The van der Waals surface area contributed by atoms with Gasteiger partial charge in [0, 0.05) is 0 Å². The van der Waals surface area contributed by atoms with Crippen LogP contribution in [0.25, 0.3) is 33.4 Å². The molecule has 0 amide bonds. The number of fused-ring (bicyclic) bond motifs is 10. The molecule has 5 aromatic rings. The summed E-state index contributed by atoms with van der Waals surface area (Å²) in [7, 11) is 0. The molecule has 0 N–H and O–H groups in total. The lowest BCUT2D eigenvalue weighted by Gasteiger charge is -2.30. The van der Waals surface area contributed by atoms with Gasteiger partial charge in [-0.3, -0.25) is 0 Å². The molecule has 0 bridgehead atoms. The van der Waals surface area contributed by atoms with E-state index < -0.39 is 0 Å². The first-order valence-electron chi connectivity index (χ1n) is 11.7. The zero-order valence-electron chi connectivity index (χ0n) is 18.9. The van der Waals surface area contributed by atoms with Gasteiger partial charge < -0.3 is 0 Å². The maximum absolute atomic E-state index is 2.46. The first kappa shape index (κ1) is 20.7. The monoisotopic (exact) mass is 436 g/mol. The van der Waals surface area contributed by atoms with Crippen LogP contribution in [0.4, 0.5) is 0 Å². The Kier molecular flexibility index (Phi) is 4.44.